The van der Waals surface area contributed by atoms with Gasteiger partial charge in [0.25, 0.3) is 5.91 Å². The number of hydrazine groups is 1. The summed E-state index contributed by atoms with van der Waals surface area (Å²) in [5.74, 6) is 4.76. The molecule has 0 bridgehead atoms. The first-order valence-corrected chi connectivity index (χ1v) is 5.54. The first-order chi connectivity index (χ1) is 7.56. The number of carbonyl (C=O) groups is 2. The van der Waals surface area contributed by atoms with E-state index in [2.05, 4.69) is 10.7 Å². The zero-order valence-corrected chi connectivity index (χ0v) is 10.2. The summed E-state index contributed by atoms with van der Waals surface area (Å²) in [7, 11) is 1.74. The molecule has 0 rings (SSSR count). The quantitative estimate of drug-likeness (QED) is 0.304. The topological polar surface area (TPSA) is 87.5 Å². The van der Waals surface area contributed by atoms with Gasteiger partial charge >= 0.3 is 0 Å². The van der Waals surface area contributed by atoms with Gasteiger partial charge in [0.2, 0.25) is 5.91 Å². The number of hydrogen-bond acceptors (Lipinski definition) is 4. The third-order valence-electron chi connectivity index (χ3n) is 2.31. The largest absolute Gasteiger partial charge is 0.355 e. The molecule has 0 aromatic carbocycles. The summed E-state index contributed by atoms with van der Waals surface area (Å²) in [5, 5.41) is 2.69. The zero-order valence-electron chi connectivity index (χ0n) is 10.2. The molecule has 0 spiro atoms. The monoisotopic (exact) mass is 230 g/mol. The second-order valence-electron chi connectivity index (χ2n) is 3.68. The Kier molecular flexibility index (Phi) is 7.49. The molecule has 4 N–H and O–H groups in total. The van der Waals surface area contributed by atoms with Gasteiger partial charge in [0.05, 0.1) is 12.6 Å². The van der Waals surface area contributed by atoms with Crippen LogP contribution in [0.1, 0.15) is 26.7 Å². The summed E-state index contributed by atoms with van der Waals surface area (Å²) >= 11 is 0. The summed E-state index contributed by atoms with van der Waals surface area (Å²) in [6.45, 7) is 4.63. The van der Waals surface area contributed by atoms with Crippen LogP contribution in [0.25, 0.3) is 0 Å². The van der Waals surface area contributed by atoms with E-state index in [-0.39, 0.29) is 24.4 Å². The highest BCUT2D eigenvalue weighted by molar-refractivity contribution is 5.83. The Morgan fingerprint density at radius 1 is 1.38 bits per heavy atom. The van der Waals surface area contributed by atoms with E-state index in [9.17, 15) is 9.59 Å². The standard InChI is InChI=1S/C10H22N4O2/c1-4-6-8(10(16)13-11)14(3)7-9(15)12-5-2/h8H,4-7,11H2,1-3H3,(H,12,15)(H,13,16). The minimum atomic E-state index is -0.349. The normalized spacial score (nSPS) is 12.3. The third-order valence-corrected chi connectivity index (χ3v) is 2.31. The molecule has 0 radical (unpaired) electrons. The van der Waals surface area contributed by atoms with Crippen molar-refractivity contribution >= 4 is 11.8 Å². The molecule has 0 saturated heterocycles. The Morgan fingerprint density at radius 2 is 2.00 bits per heavy atom. The summed E-state index contributed by atoms with van der Waals surface area (Å²) in [6, 6.07) is -0.349. The van der Waals surface area contributed by atoms with E-state index in [4.69, 9.17) is 5.84 Å². The van der Waals surface area contributed by atoms with Crippen LogP contribution in [0.4, 0.5) is 0 Å². The molecule has 0 saturated carbocycles. The predicted molar refractivity (Wildman–Crippen MR) is 62.3 cm³/mol. The molecule has 6 heteroatoms. The maximum absolute atomic E-state index is 11.5. The maximum atomic E-state index is 11.5. The van der Waals surface area contributed by atoms with Crippen LogP contribution in [0, 0.1) is 0 Å². The van der Waals surface area contributed by atoms with Crippen LogP contribution < -0.4 is 16.6 Å². The average molecular weight is 230 g/mol. The molecule has 94 valence electrons. The van der Waals surface area contributed by atoms with Crippen molar-refractivity contribution in [1.82, 2.24) is 15.6 Å². The average Bonchev–Trinajstić information content (AvgIpc) is 2.24. The summed E-state index contributed by atoms with van der Waals surface area (Å²) in [5.41, 5.74) is 2.12. The highest BCUT2D eigenvalue weighted by Gasteiger charge is 2.22. The van der Waals surface area contributed by atoms with Crippen LogP contribution in [0.15, 0.2) is 0 Å². The van der Waals surface area contributed by atoms with Crippen LogP contribution in [-0.4, -0.2) is 42.9 Å². The van der Waals surface area contributed by atoms with Gasteiger partial charge in [-0.05, 0) is 20.4 Å². The van der Waals surface area contributed by atoms with Crippen LogP contribution in [0.5, 0.6) is 0 Å². The summed E-state index contributed by atoms with van der Waals surface area (Å²) < 4.78 is 0. The second kappa shape index (κ2) is 8.06. The smallest absolute Gasteiger partial charge is 0.251 e. The number of rotatable bonds is 7. The van der Waals surface area contributed by atoms with Crippen molar-refractivity contribution in [2.45, 2.75) is 32.7 Å². The predicted octanol–water partition coefficient (Wildman–Crippen LogP) is -0.787. The zero-order chi connectivity index (χ0) is 12.6. The molecule has 0 fully saturated rings. The summed E-state index contributed by atoms with van der Waals surface area (Å²) in [4.78, 5) is 24.5. The maximum Gasteiger partial charge on any atom is 0.251 e. The van der Waals surface area contributed by atoms with E-state index in [0.717, 1.165) is 6.42 Å². The number of nitrogens with two attached hydrogens (primary N) is 1. The van der Waals surface area contributed by atoms with Gasteiger partial charge < -0.3 is 5.32 Å². The van der Waals surface area contributed by atoms with E-state index in [1.54, 1.807) is 11.9 Å². The molecule has 0 aliphatic heterocycles. The third kappa shape index (κ3) is 5.09. The number of nitrogens with one attached hydrogen (secondary N) is 2. The van der Waals surface area contributed by atoms with E-state index < -0.39 is 0 Å². The molecular formula is C10H22N4O2. The van der Waals surface area contributed by atoms with Gasteiger partial charge in [-0.25, -0.2) is 5.84 Å². The van der Waals surface area contributed by atoms with Crippen LogP contribution in [0.3, 0.4) is 0 Å². The fourth-order valence-corrected chi connectivity index (χ4v) is 1.51. The lowest BCUT2D eigenvalue weighted by molar-refractivity contribution is -0.128. The van der Waals surface area contributed by atoms with Gasteiger partial charge in [0, 0.05) is 6.54 Å². The van der Waals surface area contributed by atoms with Gasteiger partial charge in [-0.1, -0.05) is 13.3 Å². The van der Waals surface area contributed by atoms with Gasteiger partial charge in [-0.2, -0.15) is 0 Å². The fraction of sp³-hybridized carbons (Fsp3) is 0.800. The van der Waals surface area contributed by atoms with E-state index in [1.807, 2.05) is 13.8 Å². The molecule has 0 heterocycles. The lowest BCUT2D eigenvalue weighted by atomic mass is 10.1. The fourth-order valence-electron chi connectivity index (χ4n) is 1.51. The van der Waals surface area contributed by atoms with E-state index in [0.29, 0.717) is 13.0 Å². The molecule has 16 heavy (non-hydrogen) atoms. The number of carbonyl (C=O) groups excluding carboxylic acids is 2. The second-order valence-corrected chi connectivity index (χ2v) is 3.68. The molecule has 1 unspecified atom stereocenters. The van der Waals surface area contributed by atoms with Gasteiger partial charge in [0.15, 0.2) is 0 Å². The van der Waals surface area contributed by atoms with Crippen molar-refractivity contribution in [3.05, 3.63) is 0 Å². The van der Waals surface area contributed by atoms with E-state index >= 15 is 0 Å². The van der Waals surface area contributed by atoms with Crippen molar-refractivity contribution in [2.75, 3.05) is 20.1 Å². The van der Waals surface area contributed by atoms with Crippen LogP contribution in [0.2, 0.25) is 0 Å². The van der Waals surface area contributed by atoms with Crippen molar-refractivity contribution in [2.24, 2.45) is 5.84 Å². The molecule has 0 aromatic rings. The number of likely N-dealkylation sites (N-methyl/N-ethyl adjacent to an activating group) is 2. The number of nitrogens with zero attached hydrogens (tertiary/aromatic N) is 1. The molecular weight excluding hydrogens is 208 g/mol. The molecule has 0 aliphatic rings. The first kappa shape index (κ1) is 14.9. The molecule has 1 atom stereocenters. The number of hydrogen-bond donors (Lipinski definition) is 3. The molecule has 0 aromatic heterocycles. The Labute approximate surface area is 96.5 Å². The van der Waals surface area contributed by atoms with Gasteiger partial charge in [0.1, 0.15) is 0 Å². The molecule has 0 aliphatic carbocycles. The number of amides is 2. The minimum Gasteiger partial charge on any atom is -0.355 e. The minimum absolute atomic E-state index is 0.0871. The van der Waals surface area contributed by atoms with Crippen LogP contribution in [-0.2, 0) is 9.59 Å². The van der Waals surface area contributed by atoms with Crippen molar-refractivity contribution < 1.29 is 9.59 Å². The van der Waals surface area contributed by atoms with Crippen LogP contribution >= 0.6 is 0 Å². The Balaban J connectivity index is 4.31. The van der Waals surface area contributed by atoms with Crippen molar-refractivity contribution in [3.63, 3.8) is 0 Å². The first-order valence-electron chi connectivity index (χ1n) is 5.54. The Bertz CT molecular complexity index is 233. The highest BCUT2D eigenvalue weighted by atomic mass is 16.2. The SMILES string of the molecule is CCCC(C(=O)NN)N(C)CC(=O)NCC. The van der Waals surface area contributed by atoms with E-state index in [1.165, 1.54) is 0 Å². The highest BCUT2D eigenvalue weighted by Crippen LogP contribution is 2.04. The Morgan fingerprint density at radius 3 is 2.44 bits per heavy atom. The van der Waals surface area contributed by atoms with Crippen molar-refractivity contribution in [1.29, 1.82) is 0 Å². The molecule has 2 amide bonds. The molecule has 6 nitrogen and oxygen atoms in total. The lowest BCUT2D eigenvalue weighted by Gasteiger charge is -2.25. The Hall–Kier alpha value is -1.14. The summed E-state index contributed by atoms with van der Waals surface area (Å²) in [6.07, 6.45) is 1.54. The van der Waals surface area contributed by atoms with Gasteiger partial charge in [-0.3, -0.25) is 19.9 Å². The van der Waals surface area contributed by atoms with Gasteiger partial charge in [-0.15, -0.1) is 0 Å². The lowest BCUT2D eigenvalue weighted by Crippen LogP contribution is -2.50. The van der Waals surface area contributed by atoms with Crippen molar-refractivity contribution in [3.8, 4) is 0 Å².